The van der Waals surface area contributed by atoms with Crippen molar-refractivity contribution in [1.82, 2.24) is 9.62 Å². The van der Waals surface area contributed by atoms with Crippen LogP contribution in [0.25, 0.3) is 0 Å². The van der Waals surface area contributed by atoms with Gasteiger partial charge in [0.25, 0.3) is 5.91 Å². The molecule has 0 atom stereocenters. The minimum atomic E-state index is -3.78. The first kappa shape index (κ1) is 24.9. The van der Waals surface area contributed by atoms with E-state index in [0.717, 1.165) is 10.3 Å². The van der Waals surface area contributed by atoms with Crippen molar-refractivity contribution in [1.29, 1.82) is 0 Å². The first-order valence-electron chi connectivity index (χ1n) is 10.3. The number of thiophene rings is 1. The van der Waals surface area contributed by atoms with Gasteiger partial charge in [0.05, 0.1) is 11.0 Å². The average molecular weight is 529 g/mol. The summed E-state index contributed by atoms with van der Waals surface area (Å²) in [5, 5.41) is 6.29. The van der Waals surface area contributed by atoms with Crippen LogP contribution in [0.15, 0.2) is 35.9 Å². The van der Waals surface area contributed by atoms with E-state index in [2.05, 4.69) is 24.8 Å². The highest BCUT2D eigenvalue weighted by Gasteiger charge is 2.43. The van der Waals surface area contributed by atoms with E-state index in [1.165, 1.54) is 40.6 Å². The second kappa shape index (κ2) is 8.77. The molecule has 0 aliphatic carbocycles. The third-order valence-corrected chi connectivity index (χ3v) is 7.49. The van der Waals surface area contributed by atoms with Gasteiger partial charge >= 0.3 is 12.3 Å². The molecule has 2 aliphatic rings. The van der Waals surface area contributed by atoms with Crippen LogP contribution in [0.2, 0.25) is 0 Å². The van der Waals surface area contributed by atoms with Crippen LogP contribution in [0.4, 0.5) is 24.3 Å². The van der Waals surface area contributed by atoms with E-state index in [0.29, 0.717) is 0 Å². The molecule has 188 valence electrons. The van der Waals surface area contributed by atoms with Gasteiger partial charge in [-0.15, -0.1) is 20.1 Å². The Kier molecular flexibility index (Phi) is 6.23. The minimum absolute atomic E-state index is 0.0315. The lowest BCUT2D eigenvalue weighted by Crippen LogP contribution is -2.32. The standard InChI is InChI=1S/C21H22F2N4O6S2/c1-20(2,3)16-11-13(18(28)27-7-6-24-35(30,31)9-8-27)17(34-16)26-19(29)25-12-4-5-14-15(10-12)33-21(22,23)32-14/h4-5,8-11,24H,6-7H2,1-3H3,(H2,25,26,29). The lowest BCUT2D eigenvalue weighted by Gasteiger charge is -2.17. The fourth-order valence-electron chi connectivity index (χ4n) is 3.21. The maximum Gasteiger partial charge on any atom is 0.586 e. The smallest absolute Gasteiger partial charge is 0.395 e. The summed E-state index contributed by atoms with van der Waals surface area (Å²) in [6.07, 6.45) is -2.60. The van der Waals surface area contributed by atoms with E-state index in [9.17, 15) is 26.8 Å². The molecular weight excluding hydrogens is 506 g/mol. The molecule has 3 amide bonds. The van der Waals surface area contributed by atoms with Gasteiger partial charge in [-0.3, -0.25) is 10.1 Å². The Balaban J connectivity index is 1.56. The Labute approximate surface area is 203 Å². The molecule has 4 rings (SSSR count). The number of nitrogens with zero attached hydrogens (tertiary/aromatic N) is 1. The molecule has 1 aromatic carbocycles. The van der Waals surface area contributed by atoms with E-state index in [4.69, 9.17) is 0 Å². The minimum Gasteiger partial charge on any atom is -0.395 e. The average Bonchev–Trinajstić information content (AvgIpc) is 3.22. The second-order valence-corrected chi connectivity index (χ2v) is 11.4. The van der Waals surface area contributed by atoms with Crippen LogP contribution in [0.5, 0.6) is 11.5 Å². The van der Waals surface area contributed by atoms with Gasteiger partial charge in [-0.25, -0.2) is 17.9 Å². The van der Waals surface area contributed by atoms with Crippen molar-refractivity contribution in [3.8, 4) is 11.5 Å². The van der Waals surface area contributed by atoms with Gasteiger partial charge in [0.15, 0.2) is 11.5 Å². The van der Waals surface area contributed by atoms with E-state index < -0.39 is 28.3 Å². The SMILES string of the molecule is CC(C)(C)c1cc(C(=O)N2C=CS(=O)(=O)NCC2)c(NC(=O)Nc2ccc3c(c2)OC(F)(F)O3)s1. The Morgan fingerprint density at radius 2 is 1.86 bits per heavy atom. The van der Waals surface area contributed by atoms with Gasteiger partial charge in [0, 0.05) is 35.9 Å². The molecule has 0 saturated carbocycles. The molecule has 0 spiro atoms. The van der Waals surface area contributed by atoms with Crippen molar-refractivity contribution in [2.75, 3.05) is 23.7 Å². The van der Waals surface area contributed by atoms with Crippen LogP contribution in [0.1, 0.15) is 36.0 Å². The Bertz CT molecular complexity index is 1320. The fourth-order valence-corrected chi connectivity index (χ4v) is 5.10. The lowest BCUT2D eigenvalue weighted by molar-refractivity contribution is -0.286. The van der Waals surface area contributed by atoms with Gasteiger partial charge < -0.3 is 19.7 Å². The van der Waals surface area contributed by atoms with Gasteiger partial charge in [-0.1, -0.05) is 20.8 Å². The fraction of sp³-hybridized carbons (Fsp3) is 0.333. The van der Waals surface area contributed by atoms with E-state index in [-0.39, 0.29) is 46.3 Å². The van der Waals surface area contributed by atoms with Crippen molar-refractivity contribution in [2.45, 2.75) is 32.5 Å². The highest BCUT2D eigenvalue weighted by atomic mass is 32.2. The van der Waals surface area contributed by atoms with Gasteiger partial charge in [0.1, 0.15) is 5.00 Å². The Morgan fingerprint density at radius 1 is 1.14 bits per heavy atom. The summed E-state index contributed by atoms with van der Waals surface area (Å²) < 4.78 is 61.0. The van der Waals surface area contributed by atoms with Crippen LogP contribution < -0.4 is 24.8 Å². The largest absolute Gasteiger partial charge is 0.586 e. The summed E-state index contributed by atoms with van der Waals surface area (Å²) in [4.78, 5) is 28.0. The molecule has 0 bridgehead atoms. The first-order chi connectivity index (χ1) is 16.2. The second-order valence-electron chi connectivity index (χ2n) is 8.73. The normalized spacial score (nSPS) is 18.1. The zero-order valence-electron chi connectivity index (χ0n) is 18.8. The topological polar surface area (TPSA) is 126 Å². The number of rotatable bonds is 3. The summed E-state index contributed by atoms with van der Waals surface area (Å²) in [6, 6.07) is 4.72. The number of halogens is 2. The number of fused-ring (bicyclic) bond motifs is 1. The third kappa shape index (κ3) is 5.71. The number of ether oxygens (including phenoxy) is 2. The zero-order chi connectivity index (χ0) is 25.6. The highest BCUT2D eigenvalue weighted by molar-refractivity contribution is 7.92. The van der Waals surface area contributed by atoms with Crippen molar-refractivity contribution in [2.24, 2.45) is 0 Å². The molecular formula is C21H22F2N4O6S2. The summed E-state index contributed by atoms with van der Waals surface area (Å²) in [6.45, 7) is 5.97. The molecule has 2 aliphatic heterocycles. The van der Waals surface area contributed by atoms with Crippen LogP contribution in [-0.2, 0) is 15.4 Å². The quantitative estimate of drug-likeness (QED) is 0.556. The van der Waals surface area contributed by atoms with Crippen molar-refractivity contribution >= 4 is 44.0 Å². The van der Waals surface area contributed by atoms with Crippen LogP contribution in [0, 0.1) is 0 Å². The molecule has 1 aromatic heterocycles. The number of urea groups is 1. The number of alkyl halides is 2. The number of anilines is 2. The number of amides is 3. The van der Waals surface area contributed by atoms with Gasteiger partial charge in [0.2, 0.25) is 10.0 Å². The molecule has 0 fully saturated rings. The number of hydrogen-bond donors (Lipinski definition) is 3. The van der Waals surface area contributed by atoms with Crippen LogP contribution >= 0.6 is 11.3 Å². The van der Waals surface area contributed by atoms with E-state index in [1.807, 2.05) is 20.8 Å². The summed E-state index contributed by atoms with van der Waals surface area (Å²) in [7, 11) is -3.63. The summed E-state index contributed by atoms with van der Waals surface area (Å²) in [5.41, 5.74) is 0.0113. The molecule has 3 N–H and O–H groups in total. The predicted molar refractivity (Wildman–Crippen MR) is 125 cm³/mol. The summed E-state index contributed by atoms with van der Waals surface area (Å²) >= 11 is 1.20. The summed E-state index contributed by atoms with van der Waals surface area (Å²) in [5.74, 6) is -0.886. The molecule has 0 saturated heterocycles. The van der Waals surface area contributed by atoms with E-state index in [1.54, 1.807) is 6.07 Å². The van der Waals surface area contributed by atoms with Gasteiger partial charge in [-0.2, -0.15) is 0 Å². The first-order valence-corrected chi connectivity index (χ1v) is 12.7. The molecule has 2 aromatic rings. The monoisotopic (exact) mass is 528 g/mol. The highest BCUT2D eigenvalue weighted by Crippen LogP contribution is 2.42. The Hall–Kier alpha value is -3.23. The number of nitrogens with one attached hydrogen (secondary N) is 3. The van der Waals surface area contributed by atoms with Crippen molar-refractivity contribution in [3.63, 3.8) is 0 Å². The van der Waals surface area contributed by atoms with Gasteiger partial charge in [-0.05, 0) is 23.6 Å². The predicted octanol–water partition coefficient (Wildman–Crippen LogP) is 3.86. The molecule has 3 heterocycles. The lowest BCUT2D eigenvalue weighted by atomic mass is 9.94. The molecule has 0 radical (unpaired) electrons. The molecule has 14 heteroatoms. The van der Waals surface area contributed by atoms with Crippen LogP contribution in [0.3, 0.4) is 0 Å². The number of carbonyl (C=O) groups excluding carboxylic acids is 2. The number of hydrogen-bond acceptors (Lipinski definition) is 7. The number of sulfonamides is 1. The maximum absolute atomic E-state index is 13.2. The zero-order valence-corrected chi connectivity index (χ0v) is 20.5. The molecule has 0 unspecified atom stereocenters. The number of benzene rings is 1. The third-order valence-electron chi connectivity index (χ3n) is 4.92. The Morgan fingerprint density at radius 3 is 2.57 bits per heavy atom. The van der Waals surface area contributed by atoms with Crippen LogP contribution in [-0.4, -0.2) is 44.6 Å². The van der Waals surface area contributed by atoms with Crippen molar-refractivity contribution < 1.29 is 36.3 Å². The van der Waals surface area contributed by atoms with Crippen molar-refractivity contribution in [3.05, 3.63) is 46.3 Å². The maximum atomic E-state index is 13.2. The van der Waals surface area contributed by atoms with E-state index >= 15 is 0 Å². The number of carbonyl (C=O) groups is 2. The molecule has 35 heavy (non-hydrogen) atoms. The molecule has 10 nitrogen and oxygen atoms in total.